The SMILES string of the molecule is CC(C)(C)c1csc(NC(O)c2cccs2)n1. The minimum absolute atomic E-state index is 0.0459. The predicted octanol–water partition coefficient (Wildman–Crippen LogP) is 3.61. The lowest BCUT2D eigenvalue weighted by Gasteiger charge is -2.14. The molecule has 0 spiro atoms. The summed E-state index contributed by atoms with van der Waals surface area (Å²) in [6.07, 6.45) is -0.672. The van der Waals surface area contributed by atoms with E-state index in [2.05, 4.69) is 31.1 Å². The van der Waals surface area contributed by atoms with Crippen LogP contribution in [0.2, 0.25) is 0 Å². The van der Waals surface area contributed by atoms with Crippen LogP contribution in [0.5, 0.6) is 0 Å². The number of aliphatic hydroxyl groups is 1. The van der Waals surface area contributed by atoms with E-state index in [0.29, 0.717) is 0 Å². The second kappa shape index (κ2) is 4.76. The Morgan fingerprint density at radius 3 is 2.65 bits per heavy atom. The summed E-state index contributed by atoms with van der Waals surface area (Å²) in [7, 11) is 0. The van der Waals surface area contributed by atoms with Crippen molar-refractivity contribution in [3.05, 3.63) is 33.5 Å². The summed E-state index contributed by atoms with van der Waals surface area (Å²) in [5.41, 5.74) is 1.09. The van der Waals surface area contributed by atoms with Crippen molar-refractivity contribution >= 4 is 27.8 Å². The Kier molecular flexibility index (Phi) is 3.51. The molecule has 92 valence electrons. The molecule has 0 aliphatic carbocycles. The maximum absolute atomic E-state index is 9.94. The smallest absolute Gasteiger partial charge is 0.185 e. The third-order valence-electron chi connectivity index (χ3n) is 2.35. The Morgan fingerprint density at radius 2 is 2.12 bits per heavy atom. The third kappa shape index (κ3) is 3.06. The van der Waals surface area contributed by atoms with Crippen molar-refractivity contribution in [1.29, 1.82) is 0 Å². The van der Waals surface area contributed by atoms with Crippen LogP contribution in [-0.2, 0) is 5.41 Å². The summed E-state index contributed by atoms with van der Waals surface area (Å²) in [5.74, 6) is 0. The van der Waals surface area contributed by atoms with Crippen molar-refractivity contribution in [1.82, 2.24) is 4.98 Å². The van der Waals surface area contributed by atoms with E-state index in [1.165, 1.54) is 22.7 Å². The largest absolute Gasteiger partial charge is 0.369 e. The first-order chi connectivity index (χ1) is 7.97. The van der Waals surface area contributed by atoms with E-state index in [1.807, 2.05) is 22.9 Å². The van der Waals surface area contributed by atoms with Crippen LogP contribution < -0.4 is 5.32 Å². The molecule has 2 rings (SSSR count). The Bertz CT molecular complexity index is 471. The average Bonchev–Trinajstić information content (AvgIpc) is 2.85. The van der Waals surface area contributed by atoms with Gasteiger partial charge in [-0.15, -0.1) is 22.7 Å². The Balaban J connectivity index is 2.07. The molecule has 5 heteroatoms. The van der Waals surface area contributed by atoms with Crippen LogP contribution in [0.3, 0.4) is 0 Å². The number of nitrogens with one attached hydrogen (secondary N) is 1. The average molecular weight is 268 g/mol. The zero-order chi connectivity index (χ0) is 12.5. The summed E-state index contributed by atoms with van der Waals surface area (Å²) in [5, 5.41) is 17.7. The monoisotopic (exact) mass is 268 g/mol. The number of aliphatic hydroxyl groups excluding tert-OH is 1. The van der Waals surface area contributed by atoms with E-state index in [1.54, 1.807) is 0 Å². The van der Waals surface area contributed by atoms with Crippen LogP contribution in [0.15, 0.2) is 22.9 Å². The second-order valence-corrected chi connectivity index (χ2v) is 6.69. The van der Waals surface area contributed by atoms with Crippen molar-refractivity contribution in [3.8, 4) is 0 Å². The molecule has 2 aromatic rings. The highest BCUT2D eigenvalue weighted by Gasteiger charge is 2.18. The lowest BCUT2D eigenvalue weighted by Crippen LogP contribution is -2.12. The first kappa shape index (κ1) is 12.5. The van der Waals surface area contributed by atoms with Gasteiger partial charge in [0, 0.05) is 10.8 Å². The molecule has 1 atom stereocenters. The van der Waals surface area contributed by atoms with Crippen LogP contribution in [0.4, 0.5) is 5.13 Å². The molecule has 0 bridgehead atoms. The molecular weight excluding hydrogens is 252 g/mol. The maximum atomic E-state index is 9.94. The van der Waals surface area contributed by atoms with E-state index in [4.69, 9.17) is 0 Å². The zero-order valence-corrected chi connectivity index (χ0v) is 11.7. The van der Waals surface area contributed by atoms with Crippen molar-refractivity contribution < 1.29 is 5.11 Å². The number of hydrogen-bond acceptors (Lipinski definition) is 5. The van der Waals surface area contributed by atoms with E-state index in [9.17, 15) is 5.11 Å². The first-order valence-corrected chi connectivity index (χ1v) is 7.17. The van der Waals surface area contributed by atoms with E-state index in [-0.39, 0.29) is 5.41 Å². The van der Waals surface area contributed by atoms with E-state index in [0.717, 1.165) is 15.7 Å². The van der Waals surface area contributed by atoms with Gasteiger partial charge >= 0.3 is 0 Å². The molecule has 0 saturated heterocycles. The molecule has 0 saturated carbocycles. The van der Waals surface area contributed by atoms with Gasteiger partial charge in [-0.05, 0) is 11.4 Å². The van der Waals surface area contributed by atoms with Gasteiger partial charge in [-0.3, -0.25) is 0 Å². The van der Waals surface area contributed by atoms with Crippen LogP contribution >= 0.6 is 22.7 Å². The van der Waals surface area contributed by atoms with E-state index < -0.39 is 6.23 Å². The number of thiophene rings is 1. The van der Waals surface area contributed by atoms with Crippen LogP contribution in [-0.4, -0.2) is 10.1 Å². The van der Waals surface area contributed by atoms with Crippen molar-refractivity contribution in [2.75, 3.05) is 5.32 Å². The minimum atomic E-state index is -0.672. The molecule has 2 aromatic heterocycles. The van der Waals surface area contributed by atoms with E-state index >= 15 is 0 Å². The molecule has 2 heterocycles. The van der Waals surface area contributed by atoms with Crippen molar-refractivity contribution in [2.24, 2.45) is 0 Å². The highest BCUT2D eigenvalue weighted by molar-refractivity contribution is 7.13. The number of thiazole rings is 1. The minimum Gasteiger partial charge on any atom is -0.369 e. The first-order valence-electron chi connectivity index (χ1n) is 5.41. The Morgan fingerprint density at radius 1 is 1.35 bits per heavy atom. The summed E-state index contributed by atoms with van der Waals surface area (Å²) in [6, 6.07) is 3.83. The quantitative estimate of drug-likeness (QED) is 0.836. The fourth-order valence-corrected chi connectivity index (χ4v) is 2.94. The summed E-state index contributed by atoms with van der Waals surface area (Å²) >= 11 is 3.05. The summed E-state index contributed by atoms with van der Waals surface area (Å²) < 4.78 is 0. The molecule has 2 N–H and O–H groups in total. The molecule has 0 aromatic carbocycles. The molecule has 0 fully saturated rings. The molecule has 0 aliphatic heterocycles. The van der Waals surface area contributed by atoms with Gasteiger partial charge < -0.3 is 10.4 Å². The van der Waals surface area contributed by atoms with Gasteiger partial charge in [0.15, 0.2) is 11.4 Å². The number of hydrogen-bond donors (Lipinski definition) is 2. The number of nitrogens with zero attached hydrogens (tertiary/aromatic N) is 1. The van der Waals surface area contributed by atoms with Gasteiger partial charge in [0.1, 0.15) is 0 Å². The molecule has 0 aliphatic rings. The second-order valence-electron chi connectivity index (χ2n) is 4.85. The van der Waals surface area contributed by atoms with Crippen molar-refractivity contribution in [3.63, 3.8) is 0 Å². The van der Waals surface area contributed by atoms with Gasteiger partial charge in [-0.1, -0.05) is 26.8 Å². The predicted molar refractivity (Wildman–Crippen MR) is 73.7 cm³/mol. The number of aromatic nitrogens is 1. The van der Waals surface area contributed by atoms with Gasteiger partial charge in [0.25, 0.3) is 0 Å². The fraction of sp³-hybridized carbons (Fsp3) is 0.417. The van der Waals surface area contributed by atoms with Gasteiger partial charge in [0.2, 0.25) is 0 Å². The Hall–Kier alpha value is -0.910. The lowest BCUT2D eigenvalue weighted by molar-refractivity contribution is 0.212. The lowest BCUT2D eigenvalue weighted by atomic mass is 9.93. The van der Waals surface area contributed by atoms with Gasteiger partial charge in [-0.2, -0.15) is 0 Å². The van der Waals surface area contributed by atoms with Crippen LogP contribution in [0, 0.1) is 0 Å². The Labute approximate surface area is 109 Å². The van der Waals surface area contributed by atoms with Crippen LogP contribution in [0.25, 0.3) is 0 Å². The van der Waals surface area contributed by atoms with Gasteiger partial charge in [0.05, 0.1) is 10.6 Å². The summed E-state index contributed by atoms with van der Waals surface area (Å²) in [6.45, 7) is 6.38. The maximum Gasteiger partial charge on any atom is 0.185 e. The number of anilines is 1. The highest BCUT2D eigenvalue weighted by atomic mass is 32.1. The molecule has 0 amide bonds. The highest BCUT2D eigenvalue weighted by Crippen LogP contribution is 2.28. The summed E-state index contributed by atoms with van der Waals surface area (Å²) in [4.78, 5) is 5.38. The molecule has 1 unspecified atom stereocenters. The topological polar surface area (TPSA) is 45.1 Å². The zero-order valence-electron chi connectivity index (χ0n) is 10.1. The molecular formula is C12H16N2OS2. The van der Waals surface area contributed by atoms with Crippen molar-refractivity contribution in [2.45, 2.75) is 32.4 Å². The standard InChI is InChI=1S/C12H16N2OS2/c1-12(2,3)9-7-17-11(13-9)14-10(15)8-5-4-6-16-8/h4-7,10,15H,1-3H3,(H,13,14). The molecule has 3 nitrogen and oxygen atoms in total. The fourth-order valence-electron chi connectivity index (χ4n) is 1.32. The third-order valence-corrected chi connectivity index (χ3v) is 4.04. The normalized spacial score (nSPS) is 13.6. The van der Waals surface area contributed by atoms with Crippen LogP contribution in [0.1, 0.15) is 37.6 Å². The molecule has 0 radical (unpaired) electrons. The van der Waals surface area contributed by atoms with Gasteiger partial charge in [-0.25, -0.2) is 4.98 Å². The number of rotatable bonds is 3. The molecule has 17 heavy (non-hydrogen) atoms.